The second-order valence-electron chi connectivity index (χ2n) is 11.2. The van der Waals surface area contributed by atoms with Gasteiger partial charge in [0.2, 0.25) is 0 Å². The minimum Gasteiger partial charge on any atom is -0.444 e. The van der Waals surface area contributed by atoms with Gasteiger partial charge in [-0.15, -0.1) is 0 Å². The molecule has 0 radical (unpaired) electrons. The summed E-state index contributed by atoms with van der Waals surface area (Å²) in [7, 11) is 0. The third kappa shape index (κ3) is 5.92. The molecule has 3 atom stereocenters. The van der Waals surface area contributed by atoms with Gasteiger partial charge < -0.3 is 14.2 Å². The number of carbonyl (C=O) groups is 2. The van der Waals surface area contributed by atoms with Crippen molar-refractivity contribution in [2.75, 3.05) is 6.61 Å². The van der Waals surface area contributed by atoms with E-state index in [1.165, 1.54) is 5.01 Å². The van der Waals surface area contributed by atoms with Crippen LogP contribution >= 0.6 is 0 Å². The number of carbonyl (C=O) groups excluding carboxylic acids is 2. The molecule has 2 aliphatic rings. The molecular weight excluding hydrogens is 422 g/mol. The molecular formula is C25H37N3O5. The van der Waals surface area contributed by atoms with Gasteiger partial charge >= 0.3 is 6.09 Å². The van der Waals surface area contributed by atoms with Gasteiger partial charge in [0, 0.05) is 6.21 Å². The Hall–Kier alpha value is -2.45. The number of amides is 2. The largest absolute Gasteiger partial charge is 0.444 e. The molecule has 2 amide bonds. The Kier molecular flexibility index (Phi) is 6.92. The highest BCUT2D eigenvalue weighted by Gasteiger charge is 2.60. The quantitative estimate of drug-likeness (QED) is 0.487. The lowest BCUT2D eigenvalue weighted by Crippen LogP contribution is -2.71. The normalized spacial score (nSPS) is 25.5. The Morgan fingerprint density at radius 3 is 2.39 bits per heavy atom. The van der Waals surface area contributed by atoms with Gasteiger partial charge in [0.05, 0.1) is 19.3 Å². The lowest BCUT2D eigenvalue weighted by Gasteiger charge is -2.48. The molecule has 182 valence electrons. The van der Waals surface area contributed by atoms with Gasteiger partial charge in [-0.05, 0) is 45.6 Å². The van der Waals surface area contributed by atoms with Crippen LogP contribution in [-0.2, 0) is 25.6 Å². The Balaban J connectivity index is 1.88. The van der Waals surface area contributed by atoms with Crippen molar-refractivity contribution in [1.82, 2.24) is 9.91 Å². The van der Waals surface area contributed by atoms with Crippen molar-refractivity contribution < 1.29 is 23.8 Å². The third-order valence-electron chi connectivity index (χ3n) is 5.41. The topological polar surface area (TPSA) is 80.7 Å². The van der Waals surface area contributed by atoms with Gasteiger partial charge in [-0.1, -0.05) is 51.1 Å². The van der Waals surface area contributed by atoms with Gasteiger partial charge in [0.15, 0.2) is 6.10 Å². The van der Waals surface area contributed by atoms with E-state index in [0.29, 0.717) is 0 Å². The van der Waals surface area contributed by atoms with Crippen molar-refractivity contribution in [3.8, 4) is 0 Å². The van der Waals surface area contributed by atoms with Gasteiger partial charge in [-0.3, -0.25) is 9.69 Å². The molecule has 0 bridgehead atoms. The number of nitrogens with zero attached hydrogens (tertiary/aromatic N) is 3. The molecule has 3 rings (SSSR count). The highest BCUT2D eigenvalue weighted by Crippen LogP contribution is 2.38. The van der Waals surface area contributed by atoms with E-state index < -0.39 is 35.6 Å². The van der Waals surface area contributed by atoms with E-state index in [4.69, 9.17) is 14.2 Å². The van der Waals surface area contributed by atoms with E-state index in [-0.39, 0.29) is 24.5 Å². The summed E-state index contributed by atoms with van der Waals surface area (Å²) in [5, 5.41) is 5.90. The zero-order chi connectivity index (χ0) is 24.6. The first-order valence-electron chi connectivity index (χ1n) is 11.4. The average molecular weight is 460 g/mol. The average Bonchev–Trinajstić information content (AvgIpc) is 2.98. The molecule has 0 aliphatic carbocycles. The van der Waals surface area contributed by atoms with Crippen LogP contribution in [-0.4, -0.2) is 64.2 Å². The van der Waals surface area contributed by atoms with Crippen molar-refractivity contribution in [1.29, 1.82) is 0 Å². The van der Waals surface area contributed by atoms with E-state index in [1.807, 2.05) is 85.7 Å². The molecule has 8 heteroatoms. The summed E-state index contributed by atoms with van der Waals surface area (Å²) in [4.78, 5) is 27.8. The maximum absolute atomic E-state index is 13.2. The first kappa shape index (κ1) is 25.2. The number of rotatable bonds is 5. The smallest absolute Gasteiger partial charge is 0.412 e. The Morgan fingerprint density at radius 1 is 1.18 bits per heavy atom. The first-order chi connectivity index (χ1) is 15.2. The predicted octanol–water partition coefficient (Wildman–Crippen LogP) is 4.19. The molecule has 1 aromatic carbocycles. The van der Waals surface area contributed by atoms with Crippen molar-refractivity contribution in [2.45, 2.75) is 91.5 Å². The van der Waals surface area contributed by atoms with Crippen LogP contribution in [0.2, 0.25) is 0 Å². The van der Waals surface area contributed by atoms with E-state index in [0.717, 1.165) is 5.56 Å². The second-order valence-corrected chi connectivity index (χ2v) is 11.2. The van der Waals surface area contributed by atoms with Gasteiger partial charge in [-0.2, -0.15) is 5.10 Å². The maximum Gasteiger partial charge on any atom is 0.412 e. The van der Waals surface area contributed by atoms with Crippen LogP contribution in [0.1, 0.15) is 61.0 Å². The molecule has 0 saturated carbocycles. The number of β-lactam (4-membered cyclic amide) rings is 1. The summed E-state index contributed by atoms with van der Waals surface area (Å²) in [5.41, 5.74) is -0.803. The Bertz CT molecular complexity index is 886. The monoisotopic (exact) mass is 459 g/mol. The lowest BCUT2D eigenvalue weighted by atomic mass is 9.91. The zero-order valence-electron chi connectivity index (χ0n) is 21.0. The Morgan fingerprint density at radius 2 is 1.82 bits per heavy atom. The van der Waals surface area contributed by atoms with E-state index in [1.54, 1.807) is 11.1 Å². The maximum atomic E-state index is 13.2. The van der Waals surface area contributed by atoms with Gasteiger partial charge in [0.25, 0.3) is 5.91 Å². The zero-order valence-corrected chi connectivity index (χ0v) is 21.0. The van der Waals surface area contributed by atoms with Crippen LogP contribution in [0.15, 0.2) is 35.4 Å². The predicted molar refractivity (Wildman–Crippen MR) is 125 cm³/mol. The minimum absolute atomic E-state index is 0.211. The van der Waals surface area contributed by atoms with Crippen LogP contribution in [0.5, 0.6) is 0 Å². The molecule has 0 unspecified atom stereocenters. The van der Waals surface area contributed by atoms with Crippen LogP contribution in [0.3, 0.4) is 0 Å². The minimum atomic E-state index is -0.894. The van der Waals surface area contributed by atoms with E-state index >= 15 is 0 Å². The van der Waals surface area contributed by atoms with Crippen LogP contribution in [0, 0.1) is 5.41 Å². The lowest BCUT2D eigenvalue weighted by molar-refractivity contribution is -0.182. The van der Waals surface area contributed by atoms with Gasteiger partial charge in [0.1, 0.15) is 17.4 Å². The summed E-state index contributed by atoms with van der Waals surface area (Å²) >= 11 is 0. The fraction of sp³-hybridized carbons (Fsp3) is 0.640. The van der Waals surface area contributed by atoms with Crippen LogP contribution in [0.25, 0.3) is 0 Å². The summed E-state index contributed by atoms with van der Waals surface area (Å²) in [6, 6.07) is 8.72. The third-order valence-corrected chi connectivity index (χ3v) is 5.41. The molecule has 2 fully saturated rings. The molecule has 2 saturated heterocycles. The first-order valence-corrected chi connectivity index (χ1v) is 11.4. The molecule has 8 nitrogen and oxygen atoms in total. The fourth-order valence-corrected chi connectivity index (χ4v) is 3.88. The Labute approximate surface area is 196 Å². The van der Waals surface area contributed by atoms with Gasteiger partial charge in [-0.25, -0.2) is 9.80 Å². The fourth-order valence-electron chi connectivity index (χ4n) is 3.88. The highest BCUT2D eigenvalue weighted by atomic mass is 16.6. The van der Waals surface area contributed by atoms with Crippen molar-refractivity contribution in [3.63, 3.8) is 0 Å². The number of benzene rings is 1. The molecule has 2 heterocycles. The van der Waals surface area contributed by atoms with Crippen molar-refractivity contribution >= 4 is 18.2 Å². The molecule has 0 N–H and O–H groups in total. The molecule has 1 aromatic rings. The SMILES string of the molecule is CC(C)(C)/C=N\N1C(=O)[C@@H](OCc2ccccc2)[C@H]1[C@@H]1COC(C)(C)N1C(=O)OC(C)(C)C. The molecule has 0 aromatic heterocycles. The summed E-state index contributed by atoms with van der Waals surface area (Å²) in [5.74, 6) is -0.231. The standard InChI is InChI=1S/C25H37N3O5/c1-23(2,3)16-26-28-19(20(21(28)29)31-14-17-12-10-9-11-13-17)18-15-32-25(7,8)27(18)22(30)33-24(4,5)6/h9-13,16,18-20H,14-15H2,1-8H3/b26-16-/t18-,19+,20-/m0/s1. The van der Waals surface area contributed by atoms with E-state index in [2.05, 4.69) is 5.10 Å². The molecule has 33 heavy (non-hydrogen) atoms. The van der Waals surface area contributed by atoms with Crippen LogP contribution < -0.4 is 0 Å². The number of ether oxygens (including phenoxy) is 3. The molecule has 2 aliphatic heterocycles. The molecule has 0 spiro atoms. The number of hydrogen-bond acceptors (Lipinski definition) is 6. The van der Waals surface area contributed by atoms with E-state index in [9.17, 15) is 9.59 Å². The number of hydrogen-bond donors (Lipinski definition) is 0. The number of hydrazone groups is 1. The second kappa shape index (κ2) is 9.06. The van der Waals surface area contributed by atoms with Crippen molar-refractivity contribution in [2.24, 2.45) is 10.5 Å². The summed E-state index contributed by atoms with van der Waals surface area (Å²) in [6.07, 6.45) is 0.509. The summed E-state index contributed by atoms with van der Waals surface area (Å²) < 4.78 is 17.7. The highest BCUT2D eigenvalue weighted by molar-refractivity contribution is 5.89. The van der Waals surface area contributed by atoms with Crippen molar-refractivity contribution in [3.05, 3.63) is 35.9 Å². The summed E-state index contributed by atoms with van der Waals surface area (Å²) in [6.45, 7) is 15.7. The van der Waals surface area contributed by atoms with Crippen LogP contribution in [0.4, 0.5) is 4.79 Å².